The van der Waals surface area contributed by atoms with Crippen LogP contribution in [0.5, 0.6) is 0 Å². The van der Waals surface area contributed by atoms with E-state index < -0.39 is 0 Å². The molecule has 1 aromatic rings. The average Bonchev–Trinajstić information content (AvgIpc) is 2.35. The minimum Gasteiger partial charge on any atom is -0.392 e. The van der Waals surface area contributed by atoms with Crippen molar-refractivity contribution in [3.8, 4) is 0 Å². The van der Waals surface area contributed by atoms with E-state index in [1.165, 1.54) is 12.1 Å². The highest BCUT2D eigenvalue weighted by molar-refractivity contribution is 9.10. The minimum absolute atomic E-state index is 0.0817. The Bertz CT molecular complexity index is 354. The van der Waals surface area contributed by atoms with Crippen LogP contribution in [0.15, 0.2) is 22.7 Å². The predicted molar refractivity (Wildman–Crippen MR) is 77.4 cm³/mol. The van der Waals surface area contributed by atoms with E-state index in [0.29, 0.717) is 5.92 Å². The number of aliphatic hydroxyl groups excluding tert-OH is 1. The molecule has 0 saturated heterocycles. The third-order valence-electron chi connectivity index (χ3n) is 3.18. The molecular weight excluding hydrogens is 278 g/mol. The van der Waals surface area contributed by atoms with Crippen LogP contribution in [0, 0.1) is 5.92 Å². The van der Waals surface area contributed by atoms with Crippen molar-refractivity contribution in [1.29, 1.82) is 0 Å². The lowest BCUT2D eigenvalue weighted by Gasteiger charge is -2.26. The summed E-state index contributed by atoms with van der Waals surface area (Å²) in [5.41, 5.74) is 2.16. The Hall–Kier alpha value is -0.540. The Morgan fingerprint density at radius 3 is 2.53 bits per heavy atom. The molecule has 0 aromatic heterocycles. The van der Waals surface area contributed by atoms with E-state index in [9.17, 15) is 0 Å². The molecule has 1 rings (SSSR count). The molecule has 96 valence electrons. The highest BCUT2D eigenvalue weighted by atomic mass is 79.9. The van der Waals surface area contributed by atoms with Gasteiger partial charge in [0.25, 0.3) is 0 Å². The van der Waals surface area contributed by atoms with Crippen molar-refractivity contribution >= 4 is 21.6 Å². The molecule has 1 atom stereocenters. The second-order valence-electron chi connectivity index (χ2n) is 4.49. The van der Waals surface area contributed by atoms with Crippen molar-refractivity contribution in [3.63, 3.8) is 0 Å². The van der Waals surface area contributed by atoms with E-state index in [1.54, 1.807) is 0 Å². The van der Waals surface area contributed by atoms with Crippen LogP contribution >= 0.6 is 15.9 Å². The Labute approximate surface area is 113 Å². The lowest BCUT2D eigenvalue weighted by Crippen LogP contribution is -2.28. The van der Waals surface area contributed by atoms with E-state index in [1.807, 2.05) is 6.07 Å². The number of nitrogens with zero attached hydrogens (tertiary/aromatic N) is 1. The first-order valence-electron chi connectivity index (χ1n) is 6.26. The van der Waals surface area contributed by atoms with Crippen molar-refractivity contribution in [2.45, 2.75) is 33.8 Å². The van der Waals surface area contributed by atoms with Gasteiger partial charge in [0.05, 0.1) is 6.61 Å². The van der Waals surface area contributed by atoms with Crippen LogP contribution in [0.4, 0.5) is 5.69 Å². The van der Waals surface area contributed by atoms with Gasteiger partial charge in [-0.25, -0.2) is 0 Å². The summed E-state index contributed by atoms with van der Waals surface area (Å²) in [4.78, 5) is 2.38. The molecule has 17 heavy (non-hydrogen) atoms. The molecule has 1 aromatic carbocycles. The van der Waals surface area contributed by atoms with Crippen molar-refractivity contribution in [1.82, 2.24) is 0 Å². The lowest BCUT2D eigenvalue weighted by molar-refractivity contribution is 0.281. The number of anilines is 1. The van der Waals surface area contributed by atoms with Crippen LogP contribution in [0.3, 0.4) is 0 Å². The summed E-state index contributed by atoms with van der Waals surface area (Å²) in [6.07, 6.45) is 1.20. The van der Waals surface area contributed by atoms with Gasteiger partial charge in [-0.2, -0.15) is 0 Å². The molecule has 3 heteroatoms. The summed E-state index contributed by atoms with van der Waals surface area (Å²) < 4.78 is 0.986. The molecule has 0 amide bonds. The standard InChI is InChI=1S/C14H22BrNO/c1-4-11(3)9-16(5-2)13-7-6-12(10-17)14(15)8-13/h6-8,11,17H,4-5,9-10H2,1-3H3. The molecule has 1 N–H and O–H groups in total. The maximum absolute atomic E-state index is 9.14. The van der Waals surface area contributed by atoms with Crippen LogP contribution in [0.2, 0.25) is 0 Å². The Kier molecular flexibility index (Phi) is 6.00. The first-order chi connectivity index (χ1) is 8.12. The van der Waals surface area contributed by atoms with Gasteiger partial charge < -0.3 is 10.0 Å². The quantitative estimate of drug-likeness (QED) is 0.863. The molecule has 0 spiro atoms. The zero-order valence-corrected chi connectivity index (χ0v) is 12.5. The van der Waals surface area contributed by atoms with Gasteiger partial charge in [-0.05, 0) is 30.5 Å². The molecule has 0 aliphatic carbocycles. The van der Waals surface area contributed by atoms with E-state index in [2.05, 4.69) is 53.7 Å². The predicted octanol–water partition coefficient (Wildman–Crippen LogP) is 3.81. The van der Waals surface area contributed by atoms with Gasteiger partial charge in [0.1, 0.15) is 0 Å². The molecule has 0 bridgehead atoms. The number of hydrogen-bond donors (Lipinski definition) is 1. The first kappa shape index (κ1) is 14.5. The number of benzene rings is 1. The Balaban J connectivity index is 2.85. The topological polar surface area (TPSA) is 23.5 Å². The van der Waals surface area contributed by atoms with Crippen molar-refractivity contribution in [2.75, 3.05) is 18.0 Å². The van der Waals surface area contributed by atoms with Crippen LogP contribution in [-0.2, 0) is 6.61 Å². The van der Waals surface area contributed by atoms with Crippen molar-refractivity contribution in [3.05, 3.63) is 28.2 Å². The Morgan fingerprint density at radius 2 is 2.06 bits per heavy atom. The molecule has 0 saturated carbocycles. The number of rotatable bonds is 6. The summed E-state index contributed by atoms with van der Waals surface area (Å²) in [7, 11) is 0. The van der Waals surface area contributed by atoms with Crippen LogP contribution < -0.4 is 4.90 Å². The van der Waals surface area contributed by atoms with Gasteiger partial charge in [0.2, 0.25) is 0 Å². The smallest absolute Gasteiger partial charge is 0.0692 e. The molecular formula is C14H22BrNO. The molecule has 1 unspecified atom stereocenters. The van der Waals surface area contributed by atoms with Gasteiger partial charge in [-0.3, -0.25) is 0 Å². The summed E-state index contributed by atoms with van der Waals surface area (Å²) >= 11 is 3.50. The monoisotopic (exact) mass is 299 g/mol. The minimum atomic E-state index is 0.0817. The zero-order valence-electron chi connectivity index (χ0n) is 10.9. The van der Waals surface area contributed by atoms with Gasteiger partial charge in [0, 0.05) is 23.2 Å². The largest absolute Gasteiger partial charge is 0.392 e. The van der Waals surface area contributed by atoms with E-state index in [4.69, 9.17) is 5.11 Å². The lowest BCUT2D eigenvalue weighted by atomic mass is 10.1. The van der Waals surface area contributed by atoms with E-state index in [-0.39, 0.29) is 6.61 Å². The van der Waals surface area contributed by atoms with Crippen LogP contribution in [-0.4, -0.2) is 18.2 Å². The van der Waals surface area contributed by atoms with Crippen LogP contribution in [0.25, 0.3) is 0 Å². The van der Waals surface area contributed by atoms with Gasteiger partial charge >= 0.3 is 0 Å². The molecule has 0 aliphatic rings. The molecule has 0 radical (unpaired) electrons. The number of hydrogen-bond acceptors (Lipinski definition) is 2. The molecule has 0 fully saturated rings. The summed E-state index contributed by atoms with van der Waals surface area (Å²) in [6, 6.07) is 6.16. The first-order valence-corrected chi connectivity index (χ1v) is 7.05. The maximum atomic E-state index is 9.14. The Morgan fingerprint density at radius 1 is 1.35 bits per heavy atom. The maximum Gasteiger partial charge on any atom is 0.0692 e. The average molecular weight is 300 g/mol. The van der Waals surface area contributed by atoms with Crippen molar-refractivity contribution in [2.24, 2.45) is 5.92 Å². The normalized spacial score (nSPS) is 12.5. The molecule has 0 aliphatic heterocycles. The fraction of sp³-hybridized carbons (Fsp3) is 0.571. The SMILES string of the molecule is CCC(C)CN(CC)c1ccc(CO)c(Br)c1. The van der Waals surface area contributed by atoms with Gasteiger partial charge in [0.15, 0.2) is 0 Å². The van der Waals surface area contributed by atoms with Crippen molar-refractivity contribution < 1.29 is 5.11 Å². The number of aliphatic hydroxyl groups is 1. The fourth-order valence-electron chi connectivity index (χ4n) is 1.78. The summed E-state index contributed by atoms with van der Waals surface area (Å²) in [6.45, 7) is 8.85. The molecule has 2 nitrogen and oxygen atoms in total. The van der Waals surface area contributed by atoms with E-state index in [0.717, 1.165) is 23.1 Å². The molecule has 0 heterocycles. The summed E-state index contributed by atoms with van der Waals surface area (Å²) in [5.74, 6) is 0.700. The fourth-order valence-corrected chi connectivity index (χ4v) is 2.28. The van der Waals surface area contributed by atoms with Crippen LogP contribution in [0.1, 0.15) is 32.8 Å². The second kappa shape index (κ2) is 7.02. The second-order valence-corrected chi connectivity index (χ2v) is 5.34. The highest BCUT2D eigenvalue weighted by Crippen LogP contribution is 2.25. The summed E-state index contributed by atoms with van der Waals surface area (Å²) in [5, 5.41) is 9.14. The van der Waals surface area contributed by atoms with Gasteiger partial charge in [-0.15, -0.1) is 0 Å². The van der Waals surface area contributed by atoms with Gasteiger partial charge in [-0.1, -0.05) is 42.3 Å². The third-order valence-corrected chi connectivity index (χ3v) is 3.92. The number of halogens is 1. The van der Waals surface area contributed by atoms with E-state index >= 15 is 0 Å². The third kappa shape index (κ3) is 4.00. The zero-order chi connectivity index (χ0) is 12.8. The highest BCUT2D eigenvalue weighted by Gasteiger charge is 2.09.